The van der Waals surface area contributed by atoms with Crippen LogP contribution in [0.3, 0.4) is 0 Å². The summed E-state index contributed by atoms with van der Waals surface area (Å²) >= 11 is 0. The van der Waals surface area contributed by atoms with E-state index in [0.29, 0.717) is 30.8 Å². The normalized spacial score (nSPS) is 23.2. The molecule has 3 N–H and O–H groups in total. The van der Waals surface area contributed by atoms with E-state index in [2.05, 4.69) is 21.7 Å². The second-order valence-electron chi connectivity index (χ2n) is 8.37. The SMILES string of the molecule is COc1cccc2[nH]c(C(=O)N3CC(OC)CC3C(=O)NC(C#N)CC3CCNC3=O)cc12. The third-order valence-electron chi connectivity index (χ3n) is 6.39. The van der Waals surface area contributed by atoms with Gasteiger partial charge in [0.1, 0.15) is 23.5 Å². The minimum Gasteiger partial charge on any atom is -0.496 e. The van der Waals surface area contributed by atoms with Crippen LogP contribution in [0.2, 0.25) is 0 Å². The van der Waals surface area contributed by atoms with Crippen molar-refractivity contribution >= 4 is 28.6 Å². The molecule has 0 spiro atoms. The third kappa shape index (κ3) is 4.50. The summed E-state index contributed by atoms with van der Waals surface area (Å²) in [7, 11) is 3.10. The van der Waals surface area contributed by atoms with Crippen molar-refractivity contribution in [2.75, 3.05) is 27.3 Å². The van der Waals surface area contributed by atoms with Gasteiger partial charge in [0.2, 0.25) is 11.8 Å². The molecule has 4 rings (SSSR count). The Morgan fingerprint density at radius 2 is 2.18 bits per heavy atom. The van der Waals surface area contributed by atoms with Crippen molar-refractivity contribution in [1.82, 2.24) is 20.5 Å². The molecule has 2 aliphatic heterocycles. The summed E-state index contributed by atoms with van der Waals surface area (Å²) in [5.41, 5.74) is 1.09. The third-order valence-corrected chi connectivity index (χ3v) is 6.39. The molecule has 1 aromatic carbocycles. The van der Waals surface area contributed by atoms with Gasteiger partial charge in [-0.3, -0.25) is 14.4 Å². The molecule has 3 heterocycles. The van der Waals surface area contributed by atoms with Crippen LogP contribution in [0.1, 0.15) is 29.8 Å². The van der Waals surface area contributed by atoms with Crippen molar-refractivity contribution in [3.05, 3.63) is 30.0 Å². The number of hydrogen-bond acceptors (Lipinski definition) is 6. The Morgan fingerprint density at radius 1 is 1.36 bits per heavy atom. The fourth-order valence-electron chi connectivity index (χ4n) is 4.58. The maximum Gasteiger partial charge on any atom is 0.271 e. The van der Waals surface area contributed by atoms with Gasteiger partial charge in [-0.05, 0) is 31.0 Å². The summed E-state index contributed by atoms with van der Waals surface area (Å²) in [6.07, 6.45) is 0.894. The number of nitrogens with one attached hydrogen (secondary N) is 3. The molecule has 0 saturated carbocycles. The predicted molar refractivity (Wildman–Crippen MR) is 118 cm³/mol. The lowest BCUT2D eigenvalue weighted by atomic mass is 9.99. The molecule has 174 valence electrons. The summed E-state index contributed by atoms with van der Waals surface area (Å²) in [6.45, 7) is 0.827. The lowest BCUT2D eigenvalue weighted by molar-refractivity contribution is -0.126. The molecule has 2 saturated heterocycles. The van der Waals surface area contributed by atoms with Gasteiger partial charge in [0.25, 0.3) is 5.91 Å². The first kappa shape index (κ1) is 22.6. The van der Waals surface area contributed by atoms with E-state index in [1.165, 1.54) is 12.0 Å². The van der Waals surface area contributed by atoms with Crippen LogP contribution in [0.25, 0.3) is 10.9 Å². The van der Waals surface area contributed by atoms with Crippen LogP contribution in [0, 0.1) is 17.2 Å². The topological polar surface area (TPSA) is 137 Å². The minimum absolute atomic E-state index is 0.101. The Bertz CT molecular complexity index is 1110. The fourth-order valence-corrected chi connectivity index (χ4v) is 4.58. The van der Waals surface area contributed by atoms with Crippen molar-refractivity contribution in [2.24, 2.45) is 5.92 Å². The molecule has 4 atom stereocenters. The Hall–Kier alpha value is -3.58. The quantitative estimate of drug-likeness (QED) is 0.571. The van der Waals surface area contributed by atoms with E-state index in [1.54, 1.807) is 13.2 Å². The molecule has 0 bridgehead atoms. The van der Waals surface area contributed by atoms with Gasteiger partial charge in [0, 0.05) is 43.4 Å². The van der Waals surface area contributed by atoms with Crippen molar-refractivity contribution in [3.8, 4) is 11.8 Å². The molecule has 10 nitrogen and oxygen atoms in total. The molecule has 4 unspecified atom stereocenters. The van der Waals surface area contributed by atoms with Crippen LogP contribution in [0.4, 0.5) is 0 Å². The van der Waals surface area contributed by atoms with E-state index in [4.69, 9.17) is 9.47 Å². The standard InChI is InChI=1S/C23H27N5O5/c1-32-15-9-19(22(30)26-14(11-24)8-13-6-7-25-21(13)29)28(12-15)23(31)18-10-16-17(27-18)4-3-5-20(16)33-2/h3-5,10,13-15,19,27H,6-9,12H2,1-2H3,(H,25,29)(H,26,30). The number of benzene rings is 1. The van der Waals surface area contributed by atoms with Crippen LogP contribution >= 0.6 is 0 Å². The van der Waals surface area contributed by atoms with Crippen LogP contribution in [0.5, 0.6) is 5.75 Å². The molecule has 0 aliphatic carbocycles. The highest BCUT2D eigenvalue weighted by molar-refractivity contribution is 6.01. The smallest absolute Gasteiger partial charge is 0.271 e. The fraction of sp³-hybridized carbons (Fsp3) is 0.478. The molecule has 2 fully saturated rings. The van der Waals surface area contributed by atoms with Gasteiger partial charge >= 0.3 is 0 Å². The van der Waals surface area contributed by atoms with Crippen molar-refractivity contribution in [2.45, 2.75) is 37.5 Å². The maximum absolute atomic E-state index is 13.4. The first-order valence-corrected chi connectivity index (χ1v) is 10.9. The van der Waals surface area contributed by atoms with E-state index in [9.17, 15) is 19.6 Å². The van der Waals surface area contributed by atoms with Gasteiger partial charge in [0.15, 0.2) is 0 Å². The van der Waals surface area contributed by atoms with Gasteiger partial charge in [-0.25, -0.2) is 0 Å². The molecular weight excluding hydrogens is 426 g/mol. The van der Waals surface area contributed by atoms with E-state index in [0.717, 1.165) is 10.9 Å². The number of carbonyl (C=O) groups is 3. The van der Waals surface area contributed by atoms with Gasteiger partial charge in [-0.15, -0.1) is 0 Å². The van der Waals surface area contributed by atoms with Crippen molar-refractivity contribution < 1.29 is 23.9 Å². The highest BCUT2D eigenvalue weighted by atomic mass is 16.5. The number of rotatable bonds is 7. The Labute approximate surface area is 191 Å². The number of hydrogen-bond donors (Lipinski definition) is 3. The van der Waals surface area contributed by atoms with Crippen LogP contribution < -0.4 is 15.4 Å². The molecule has 10 heteroatoms. The van der Waals surface area contributed by atoms with E-state index >= 15 is 0 Å². The summed E-state index contributed by atoms with van der Waals surface area (Å²) < 4.78 is 10.8. The Morgan fingerprint density at radius 3 is 2.85 bits per heavy atom. The lowest BCUT2D eigenvalue weighted by Crippen LogP contribution is -2.49. The van der Waals surface area contributed by atoms with Gasteiger partial charge in [-0.2, -0.15) is 5.26 Å². The van der Waals surface area contributed by atoms with Crippen LogP contribution in [-0.2, 0) is 14.3 Å². The van der Waals surface area contributed by atoms with Gasteiger partial charge in [0.05, 0.1) is 19.3 Å². The average molecular weight is 453 g/mol. The highest BCUT2D eigenvalue weighted by Crippen LogP contribution is 2.29. The Kier molecular flexibility index (Phi) is 6.51. The number of carbonyl (C=O) groups excluding carboxylic acids is 3. The number of methoxy groups -OCH3 is 2. The van der Waals surface area contributed by atoms with E-state index in [-0.39, 0.29) is 36.8 Å². The number of aromatic nitrogens is 1. The van der Waals surface area contributed by atoms with Crippen molar-refractivity contribution in [3.63, 3.8) is 0 Å². The summed E-state index contributed by atoms with van der Waals surface area (Å²) in [4.78, 5) is 42.9. The van der Waals surface area contributed by atoms with Crippen LogP contribution in [-0.4, -0.2) is 73.1 Å². The monoisotopic (exact) mass is 453 g/mol. The number of ether oxygens (including phenoxy) is 2. The molecule has 2 aliphatic rings. The van der Waals surface area contributed by atoms with E-state index < -0.39 is 18.0 Å². The zero-order valence-corrected chi connectivity index (χ0v) is 18.6. The zero-order valence-electron chi connectivity index (χ0n) is 18.6. The van der Waals surface area contributed by atoms with Crippen molar-refractivity contribution in [1.29, 1.82) is 5.26 Å². The molecule has 1 aromatic heterocycles. The predicted octanol–water partition coefficient (Wildman–Crippen LogP) is 0.941. The molecular formula is C23H27N5O5. The zero-order chi connectivity index (χ0) is 23.5. The number of amides is 3. The maximum atomic E-state index is 13.4. The lowest BCUT2D eigenvalue weighted by Gasteiger charge is -2.24. The number of aromatic amines is 1. The summed E-state index contributed by atoms with van der Waals surface area (Å²) in [5.74, 6) is -0.528. The molecule has 3 amide bonds. The molecule has 33 heavy (non-hydrogen) atoms. The van der Waals surface area contributed by atoms with Gasteiger partial charge in [-0.1, -0.05) is 6.07 Å². The highest BCUT2D eigenvalue weighted by Gasteiger charge is 2.41. The summed E-state index contributed by atoms with van der Waals surface area (Å²) in [6, 6.07) is 7.65. The number of fused-ring (bicyclic) bond motifs is 1. The first-order valence-electron chi connectivity index (χ1n) is 10.9. The van der Waals surface area contributed by atoms with Gasteiger partial charge < -0.3 is 30.0 Å². The number of nitriles is 1. The van der Waals surface area contributed by atoms with Crippen LogP contribution in [0.15, 0.2) is 24.3 Å². The Balaban J connectivity index is 1.52. The largest absolute Gasteiger partial charge is 0.496 e. The minimum atomic E-state index is -0.817. The second kappa shape index (κ2) is 9.50. The molecule has 2 aromatic rings. The average Bonchev–Trinajstić information content (AvgIpc) is 3.55. The second-order valence-corrected chi connectivity index (χ2v) is 8.37. The summed E-state index contributed by atoms with van der Waals surface area (Å²) in [5, 5.41) is 15.8. The first-order chi connectivity index (χ1) is 15.9. The van der Waals surface area contributed by atoms with E-state index in [1.807, 2.05) is 18.2 Å². The number of H-pyrrole nitrogens is 1. The number of nitrogens with zero attached hydrogens (tertiary/aromatic N) is 2. The molecule has 0 radical (unpaired) electrons. The number of likely N-dealkylation sites (tertiary alicyclic amines) is 1.